The van der Waals surface area contributed by atoms with Crippen molar-refractivity contribution in [3.05, 3.63) is 81.4 Å². The van der Waals surface area contributed by atoms with Gasteiger partial charge < -0.3 is 9.42 Å². The number of thiophene rings is 1. The van der Waals surface area contributed by atoms with E-state index in [0.717, 1.165) is 22.6 Å². The van der Waals surface area contributed by atoms with Gasteiger partial charge in [-0.1, -0.05) is 42.1 Å². The number of nitrogens with zero attached hydrogens (tertiary/aromatic N) is 2. The van der Waals surface area contributed by atoms with Crippen LogP contribution in [-0.4, -0.2) is 22.5 Å². The number of hydrogen-bond donors (Lipinski definition) is 0. The molecule has 0 bridgehead atoms. The fraction of sp³-hybridized carbons (Fsp3) is 0.304. The molecular weight excluding hydrogens is 368 g/mol. The molecule has 2 aromatic rings. The third-order valence-electron chi connectivity index (χ3n) is 4.88. The van der Waals surface area contributed by atoms with Crippen molar-refractivity contribution in [2.24, 2.45) is 0 Å². The Hall–Kier alpha value is -2.66. The highest BCUT2D eigenvalue weighted by Crippen LogP contribution is 2.37. The van der Waals surface area contributed by atoms with Crippen molar-refractivity contribution in [3.63, 3.8) is 0 Å². The Labute approximate surface area is 170 Å². The first-order valence-electron chi connectivity index (χ1n) is 9.39. The van der Waals surface area contributed by atoms with Crippen LogP contribution in [0.15, 0.2) is 53.6 Å². The van der Waals surface area contributed by atoms with E-state index < -0.39 is 0 Å². The molecule has 0 spiro atoms. The minimum Gasteiger partial charge on any atom is -0.361 e. The first-order valence-corrected chi connectivity index (χ1v) is 10.2. The first-order chi connectivity index (χ1) is 13.4. The maximum absolute atomic E-state index is 12.3. The van der Waals surface area contributed by atoms with E-state index in [9.17, 15) is 4.79 Å². The number of fused-ring (bicyclic) bond motifs is 1. The van der Waals surface area contributed by atoms with Gasteiger partial charge in [-0.15, -0.1) is 11.3 Å². The highest BCUT2D eigenvalue weighted by molar-refractivity contribution is 7.12. The number of amides is 1. The van der Waals surface area contributed by atoms with Gasteiger partial charge in [0.15, 0.2) is 0 Å². The minimum absolute atomic E-state index is 0.0292. The fourth-order valence-corrected chi connectivity index (χ4v) is 4.76. The monoisotopic (exact) mass is 394 g/mol. The standard InChI is InChI=1S/C23H26N2O2S/c1-6-8-9-10-18(23-16(4)24-27-17(23)5)12-19-13-25(22(26)7-2)14-21-20(19)11-15(3)28-21/h6-12,19H,2,13-14H2,1,3-5H3/b8-6-,10-9-,18-12-/t19-/m0/s1. The second kappa shape index (κ2) is 8.57. The topological polar surface area (TPSA) is 46.3 Å². The molecule has 146 valence electrons. The van der Waals surface area contributed by atoms with Crippen molar-refractivity contribution in [3.8, 4) is 0 Å². The molecule has 1 aliphatic rings. The van der Waals surface area contributed by atoms with E-state index in [-0.39, 0.29) is 11.8 Å². The zero-order valence-corrected chi connectivity index (χ0v) is 17.7. The molecule has 3 rings (SSSR count). The van der Waals surface area contributed by atoms with Crippen LogP contribution in [0.25, 0.3) is 5.57 Å². The number of carbonyl (C=O) groups is 1. The van der Waals surface area contributed by atoms with Crippen LogP contribution in [0.4, 0.5) is 0 Å². The predicted molar refractivity (Wildman–Crippen MR) is 115 cm³/mol. The zero-order chi connectivity index (χ0) is 20.3. The van der Waals surface area contributed by atoms with Gasteiger partial charge in [0.25, 0.3) is 0 Å². The van der Waals surface area contributed by atoms with Crippen LogP contribution in [0, 0.1) is 20.8 Å². The lowest BCUT2D eigenvalue weighted by atomic mass is 9.90. The largest absolute Gasteiger partial charge is 0.361 e. The Bertz CT molecular complexity index is 955. The molecule has 0 saturated carbocycles. The van der Waals surface area contributed by atoms with Crippen molar-refractivity contribution in [1.82, 2.24) is 10.1 Å². The number of hydrogen-bond acceptors (Lipinski definition) is 4. The molecule has 0 aliphatic carbocycles. The summed E-state index contributed by atoms with van der Waals surface area (Å²) < 4.78 is 5.40. The third-order valence-corrected chi connectivity index (χ3v) is 5.94. The van der Waals surface area contributed by atoms with Crippen molar-refractivity contribution >= 4 is 22.8 Å². The summed E-state index contributed by atoms with van der Waals surface area (Å²) in [5.41, 5.74) is 4.24. The SMILES string of the molecule is C=CC(=O)N1Cc2sc(C)cc2[C@@H](/C=C(/C=C\C=C/C)c2c(C)noc2C)C1. The number of allylic oxidation sites excluding steroid dienone is 5. The smallest absolute Gasteiger partial charge is 0.246 e. The van der Waals surface area contributed by atoms with Crippen molar-refractivity contribution in [2.45, 2.75) is 40.2 Å². The maximum atomic E-state index is 12.3. The molecule has 3 heterocycles. The van der Waals surface area contributed by atoms with Crippen LogP contribution in [0.3, 0.4) is 0 Å². The summed E-state index contributed by atoms with van der Waals surface area (Å²) in [5, 5.41) is 4.12. The molecule has 0 radical (unpaired) electrons. The Morgan fingerprint density at radius 1 is 1.36 bits per heavy atom. The van der Waals surface area contributed by atoms with Crippen molar-refractivity contribution in [2.75, 3.05) is 6.54 Å². The second-order valence-electron chi connectivity index (χ2n) is 6.97. The molecule has 0 saturated heterocycles. The van der Waals surface area contributed by atoms with E-state index in [1.807, 2.05) is 43.9 Å². The van der Waals surface area contributed by atoms with Crippen molar-refractivity contribution < 1.29 is 9.32 Å². The van der Waals surface area contributed by atoms with Crippen LogP contribution in [0.5, 0.6) is 0 Å². The quantitative estimate of drug-likeness (QED) is 0.498. The number of rotatable bonds is 5. The molecule has 1 amide bonds. The molecule has 0 unspecified atom stereocenters. The summed E-state index contributed by atoms with van der Waals surface area (Å²) in [5.74, 6) is 0.875. The Kier molecular flexibility index (Phi) is 6.15. The molecule has 2 aromatic heterocycles. The summed E-state index contributed by atoms with van der Waals surface area (Å²) in [6.07, 6.45) is 11.7. The van der Waals surface area contributed by atoms with E-state index >= 15 is 0 Å². The summed E-state index contributed by atoms with van der Waals surface area (Å²) in [6.45, 7) is 12.9. The van der Waals surface area contributed by atoms with Gasteiger partial charge in [-0.3, -0.25) is 4.79 Å². The molecule has 5 heteroatoms. The van der Waals surface area contributed by atoms with Gasteiger partial charge in [-0.25, -0.2) is 0 Å². The Morgan fingerprint density at radius 3 is 2.79 bits per heavy atom. The minimum atomic E-state index is -0.0292. The number of aromatic nitrogens is 1. The Morgan fingerprint density at radius 2 is 2.14 bits per heavy atom. The van der Waals surface area contributed by atoms with Gasteiger partial charge in [0.05, 0.1) is 12.2 Å². The van der Waals surface area contributed by atoms with Gasteiger partial charge >= 0.3 is 0 Å². The zero-order valence-electron chi connectivity index (χ0n) is 16.9. The lowest BCUT2D eigenvalue weighted by molar-refractivity contribution is -0.127. The maximum Gasteiger partial charge on any atom is 0.246 e. The first kappa shape index (κ1) is 20.1. The van der Waals surface area contributed by atoms with E-state index in [4.69, 9.17) is 4.52 Å². The van der Waals surface area contributed by atoms with E-state index in [1.54, 1.807) is 11.3 Å². The normalized spacial score (nSPS) is 17.5. The molecule has 28 heavy (non-hydrogen) atoms. The molecule has 0 aromatic carbocycles. The average Bonchev–Trinajstić information content (AvgIpc) is 3.21. The van der Waals surface area contributed by atoms with Gasteiger partial charge in [-0.2, -0.15) is 0 Å². The number of aryl methyl sites for hydroxylation is 3. The van der Waals surface area contributed by atoms with E-state index in [2.05, 4.69) is 36.9 Å². The predicted octanol–water partition coefficient (Wildman–Crippen LogP) is 5.49. The summed E-state index contributed by atoms with van der Waals surface area (Å²) >= 11 is 1.76. The van der Waals surface area contributed by atoms with Gasteiger partial charge in [0, 0.05) is 27.8 Å². The van der Waals surface area contributed by atoms with Gasteiger partial charge in [0.1, 0.15) is 5.76 Å². The number of carbonyl (C=O) groups excluding carboxylic acids is 1. The Balaban J connectivity index is 2.09. The second-order valence-corrected chi connectivity index (χ2v) is 8.31. The van der Waals surface area contributed by atoms with Crippen LogP contribution >= 0.6 is 11.3 Å². The molecule has 0 N–H and O–H groups in total. The highest BCUT2D eigenvalue weighted by Gasteiger charge is 2.28. The lowest BCUT2D eigenvalue weighted by Crippen LogP contribution is -2.36. The third kappa shape index (κ3) is 4.09. The fourth-order valence-electron chi connectivity index (χ4n) is 3.64. The molecule has 0 fully saturated rings. The van der Waals surface area contributed by atoms with E-state index in [0.29, 0.717) is 13.1 Å². The molecule has 1 atom stereocenters. The average molecular weight is 395 g/mol. The van der Waals surface area contributed by atoms with Crippen LogP contribution in [-0.2, 0) is 11.3 Å². The van der Waals surface area contributed by atoms with Crippen LogP contribution < -0.4 is 0 Å². The van der Waals surface area contributed by atoms with Gasteiger partial charge in [0.2, 0.25) is 5.91 Å². The van der Waals surface area contributed by atoms with E-state index in [1.165, 1.54) is 21.4 Å². The molecule has 1 aliphatic heterocycles. The summed E-state index contributed by atoms with van der Waals surface area (Å²) in [4.78, 5) is 16.7. The van der Waals surface area contributed by atoms with Crippen molar-refractivity contribution in [1.29, 1.82) is 0 Å². The summed E-state index contributed by atoms with van der Waals surface area (Å²) in [6, 6.07) is 2.25. The summed E-state index contributed by atoms with van der Waals surface area (Å²) in [7, 11) is 0. The van der Waals surface area contributed by atoms with Crippen LogP contribution in [0.2, 0.25) is 0 Å². The van der Waals surface area contributed by atoms with Gasteiger partial charge in [-0.05, 0) is 51.0 Å². The lowest BCUT2D eigenvalue weighted by Gasteiger charge is -2.31. The molecule has 4 nitrogen and oxygen atoms in total. The van der Waals surface area contributed by atoms with Crippen LogP contribution in [0.1, 0.15) is 45.2 Å². The molecular formula is C23H26N2O2S. The highest BCUT2D eigenvalue weighted by atomic mass is 32.1.